The second-order valence-electron chi connectivity index (χ2n) is 10.9. The molecule has 2 aromatic rings. The molecule has 4 aliphatic rings. The van der Waals surface area contributed by atoms with Crippen LogP contribution in [0.25, 0.3) is 0 Å². The molecule has 4 saturated heterocycles. The number of pyridine rings is 1. The van der Waals surface area contributed by atoms with Crippen LogP contribution in [0.4, 0.5) is 24.7 Å². The number of aromatic nitrogens is 1. The Balaban J connectivity index is 1.05. The summed E-state index contributed by atoms with van der Waals surface area (Å²) in [6.45, 7) is 12.5. The van der Waals surface area contributed by atoms with Crippen LogP contribution >= 0.6 is 22.3 Å². The summed E-state index contributed by atoms with van der Waals surface area (Å²) >= 11 is 5.89. The van der Waals surface area contributed by atoms with E-state index in [9.17, 15) is 13.2 Å². The Kier molecular flexibility index (Phi) is 6.75. The van der Waals surface area contributed by atoms with Crippen molar-refractivity contribution in [3.8, 4) is 0 Å². The molecule has 4 fully saturated rings. The molecule has 204 valence electrons. The first-order valence-electron chi connectivity index (χ1n) is 12.9. The summed E-state index contributed by atoms with van der Waals surface area (Å²) in [5.74, 6) is 4.68. The summed E-state index contributed by atoms with van der Waals surface area (Å²) in [4.78, 5) is 12.1. The van der Waals surface area contributed by atoms with Crippen molar-refractivity contribution in [1.29, 1.82) is 0 Å². The molecule has 1 aromatic heterocycles. The van der Waals surface area contributed by atoms with Gasteiger partial charge >= 0.3 is 6.18 Å². The van der Waals surface area contributed by atoms with E-state index >= 15 is 0 Å². The lowest BCUT2D eigenvalue weighted by molar-refractivity contribution is -0.137. The first-order valence-corrected chi connectivity index (χ1v) is 14.6. The Bertz CT molecular complexity index is 1230. The zero-order valence-electron chi connectivity index (χ0n) is 21.2. The number of nitrogens with one attached hydrogen (secondary N) is 1. The first-order chi connectivity index (χ1) is 18.1. The van der Waals surface area contributed by atoms with Gasteiger partial charge in [-0.25, -0.2) is 9.29 Å². The molecular formula is C27H32ClF3N6S. The van der Waals surface area contributed by atoms with Gasteiger partial charge < -0.3 is 15.1 Å². The number of hydrogen-bond donors (Lipinski definition) is 1. The zero-order valence-corrected chi connectivity index (χ0v) is 22.8. The van der Waals surface area contributed by atoms with Crippen LogP contribution in [0.2, 0.25) is 5.15 Å². The van der Waals surface area contributed by atoms with Gasteiger partial charge in [0.15, 0.2) is 0 Å². The van der Waals surface area contributed by atoms with Crippen molar-refractivity contribution in [2.45, 2.75) is 23.5 Å². The van der Waals surface area contributed by atoms with E-state index < -0.39 is 11.7 Å². The molecule has 1 aromatic carbocycles. The molecule has 0 saturated carbocycles. The molecule has 6 nitrogen and oxygen atoms in total. The molecule has 2 atom stereocenters. The van der Waals surface area contributed by atoms with Gasteiger partial charge in [-0.15, -0.1) is 0 Å². The lowest BCUT2D eigenvalue weighted by atomic mass is 9.73. The van der Waals surface area contributed by atoms with Crippen LogP contribution in [0.3, 0.4) is 0 Å². The zero-order chi connectivity index (χ0) is 26.7. The standard InChI is InChI=1S/C27H32ClF3N6S/c1-19-11-22(35-17-26(18-35)15-32-16-26)14-37(19)21-3-5-23(6-4-21)38(2)36-9-7-34(8-10-36)25-13-20(27(29,30)31)12-24(28)33-25/h3-6,12-13,22,32H,1-2,7-11,14-18H2. The van der Waals surface area contributed by atoms with E-state index in [2.05, 4.69) is 61.1 Å². The predicted octanol–water partition coefficient (Wildman–Crippen LogP) is 4.55. The van der Waals surface area contributed by atoms with Gasteiger partial charge in [-0.3, -0.25) is 4.90 Å². The maximum atomic E-state index is 13.2. The average Bonchev–Trinajstić information content (AvgIpc) is 3.22. The molecule has 0 amide bonds. The van der Waals surface area contributed by atoms with Gasteiger partial charge in [0.25, 0.3) is 0 Å². The molecular weight excluding hydrogens is 533 g/mol. The largest absolute Gasteiger partial charge is 0.416 e. The fourth-order valence-electron chi connectivity index (χ4n) is 5.97. The van der Waals surface area contributed by atoms with Crippen LogP contribution in [0.1, 0.15) is 12.0 Å². The van der Waals surface area contributed by atoms with Crippen molar-refractivity contribution in [2.24, 2.45) is 5.41 Å². The number of halogens is 4. The Labute approximate surface area is 229 Å². The SMILES string of the molecule is C=C1CC(N2CC3(CNC3)C2)CN1c1ccc(S(=C)N2CCN(c3cc(C(F)(F)F)cc(Cl)n3)CC2)cc1. The van der Waals surface area contributed by atoms with Gasteiger partial charge in [-0.2, -0.15) is 13.2 Å². The molecule has 5 heterocycles. The van der Waals surface area contributed by atoms with Crippen molar-refractivity contribution in [3.05, 3.63) is 59.4 Å². The summed E-state index contributed by atoms with van der Waals surface area (Å²) < 4.78 is 41.9. The molecule has 6 rings (SSSR count). The smallest absolute Gasteiger partial charge is 0.354 e. The molecule has 1 N–H and O–H groups in total. The van der Waals surface area contributed by atoms with E-state index in [0.717, 1.165) is 48.8 Å². The maximum Gasteiger partial charge on any atom is 0.416 e. The molecule has 38 heavy (non-hydrogen) atoms. The highest BCUT2D eigenvalue weighted by Crippen LogP contribution is 2.40. The van der Waals surface area contributed by atoms with Crippen molar-refractivity contribution in [2.75, 3.05) is 68.7 Å². The third-order valence-electron chi connectivity index (χ3n) is 8.24. The minimum atomic E-state index is -4.46. The highest BCUT2D eigenvalue weighted by atomic mass is 35.5. The number of benzene rings is 1. The number of hydrogen-bond acceptors (Lipinski definition) is 6. The van der Waals surface area contributed by atoms with Crippen LogP contribution in [-0.4, -0.2) is 85.0 Å². The molecule has 1 spiro atoms. The van der Waals surface area contributed by atoms with Crippen LogP contribution in [0, 0.1) is 5.41 Å². The Hall–Kier alpha value is -2.11. The van der Waals surface area contributed by atoms with Crippen LogP contribution in [0.5, 0.6) is 0 Å². The molecule has 4 aliphatic heterocycles. The maximum absolute atomic E-state index is 13.2. The van der Waals surface area contributed by atoms with Gasteiger partial charge in [0.2, 0.25) is 0 Å². The number of piperazine rings is 1. The Morgan fingerprint density at radius 2 is 1.74 bits per heavy atom. The second kappa shape index (κ2) is 9.82. The normalized spacial score (nSPS) is 24.9. The molecule has 11 heteroatoms. The van der Waals surface area contributed by atoms with Gasteiger partial charge in [0.1, 0.15) is 11.0 Å². The lowest BCUT2D eigenvalue weighted by Crippen LogP contribution is -2.72. The average molecular weight is 565 g/mol. The van der Waals surface area contributed by atoms with E-state index in [1.54, 1.807) is 0 Å². The fraction of sp³-hybridized carbons (Fsp3) is 0.481. The highest BCUT2D eigenvalue weighted by molar-refractivity contribution is 8.12. The molecule has 0 aliphatic carbocycles. The second-order valence-corrected chi connectivity index (χ2v) is 13.0. The van der Waals surface area contributed by atoms with Crippen molar-refractivity contribution >= 4 is 39.6 Å². The quantitative estimate of drug-likeness (QED) is 0.424. The summed E-state index contributed by atoms with van der Waals surface area (Å²) in [6, 6.07) is 11.1. The lowest BCUT2D eigenvalue weighted by Gasteiger charge is -2.58. The van der Waals surface area contributed by atoms with Gasteiger partial charge in [0, 0.05) is 93.1 Å². The number of nitrogens with zero attached hydrogens (tertiary/aromatic N) is 5. The van der Waals surface area contributed by atoms with Crippen molar-refractivity contribution in [3.63, 3.8) is 0 Å². The predicted molar refractivity (Wildman–Crippen MR) is 149 cm³/mol. The van der Waals surface area contributed by atoms with E-state index in [0.29, 0.717) is 37.6 Å². The number of rotatable bonds is 5. The van der Waals surface area contributed by atoms with E-state index in [1.165, 1.54) is 18.8 Å². The third kappa shape index (κ3) is 4.97. The van der Waals surface area contributed by atoms with Crippen LogP contribution in [0.15, 0.2) is 53.6 Å². The van der Waals surface area contributed by atoms with Crippen LogP contribution < -0.4 is 15.1 Å². The third-order valence-corrected chi connectivity index (χ3v) is 10.2. The summed E-state index contributed by atoms with van der Waals surface area (Å²) in [5.41, 5.74) is 2.09. The summed E-state index contributed by atoms with van der Waals surface area (Å²) in [6.07, 6.45) is -3.44. The van der Waals surface area contributed by atoms with Crippen LogP contribution in [-0.2, 0) is 6.18 Å². The summed E-state index contributed by atoms with van der Waals surface area (Å²) in [7, 11) is -0.368. The topological polar surface area (TPSA) is 37.9 Å². The van der Waals surface area contributed by atoms with E-state index in [-0.39, 0.29) is 21.6 Å². The molecule has 2 unspecified atom stereocenters. The number of anilines is 2. The summed E-state index contributed by atoms with van der Waals surface area (Å²) in [5, 5.41) is 3.26. The number of alkyl halides is 3. The Morgan fingerprint density at radius 3 is 2.34 bits per heavy atom. The fourth-order valence-corrected chi connectivity index (χ4v) is 7.53. The van der Waals surface area contributed by atoms with Crippen molar-refractivity contribution in [1.82, 2.24) is 19.5 Å². The molecule has 0 radical (unpaired) electrons. The Morgan fingerprint density at radius 1 is 1.05 bits per heavy atom. The van der Waals surface area contributed by atoms with E-state index in [1.807, 2.05) is 4.90 Å². The van der Waals surface area contributed by atoms with Crippen molar-refractivity contribution < 1.29 is 13.2 Å². The first kappa shape index (κ1) is 26.1. The monoisotopic (exact) mass is 564 g/mol. The van der Waals surface area contributed by atoms with Gasteiger partial charge in [-0.1, -0.05) is 34.7 Å². The van der Waals surface area contributed by atoms with Gasteiger partial charge in [-0.05, 0) is 36.4 Å². The van der Waals surface area contributed by atoms with Gasteiger partial charge in [0.05, 0.1) is 5.56 Å². The minimum Gasteiger partial charge on any atom is -0.354 e. The highest BCUT2D eigenvalue weighted by Gasteiger charge is 2.50. The minimum absolute atomic E-state index is 0.147. The van der Waals surface area contributed by atoms with E-state index in [4.69, 9.17) is 11.6 Å². The number of likely N-dealkylation sites (tertiary alicyclic amines) is 1. The molecule has 0 bridgehead atoms.